The summed E-state index contributed by atoms with van der Waals surface area (Å²) in [6.07, 6.45) is -5.07. The maximum absolute atomic E-state index is 12.5. The van der Waals surface area contributed by atoms with Crippen LogP contribution in [0.3, 0.4) is 0 Å². The largest absolute Gasteiger partial charge is 0.573 e. The average molecular weight is 360 g/mol. The topological polar surface area (TPSA) is 45.9 Å². The molecular formula is C9H5F4IN2O. The fourth-order valence-electron chi connectivity index (χ4n) is 1.07. The third-order valence-electron chi connectivity index (χ3n) is 1.66. The summed E-state index contributed by atoms with van der Waals surface area (Å²) in [7, 11) is 0. The molecule has 1 aromatic heterocycles. The third-order valence-corrected chi connectivity index (χ3v) is 2.81. The summed E-state index contributed by atoms with van der Waals surface area (Å²) in [4.78, 5) is 3.72. The van der Waals surface area contributed by atoms with Gasteiger partial charge in [-0.05, 0) is 22.6 Å². The van der Waals surface area contributed by atoms with Crippen molar-refractivity contribution in [3.8, 4) is 11.8 Å². The molecule has 0 bridgehead atoms. The Morgan fingerprint density at radius 2 is 2.12 bits per heavy atom. The van der Waals surface area contributed by atoms with E-state index in [0.29, 0.717) is 0 Å². The Bertz CT molecular complexity index is 456. The number of alkyl halides is 4. The monoisotopic (exact) mass is 360 g/mol. The molecule has 1 heterocycles. The van der Waals surface area contributed by atoms with Crippen LogP contribution in [0.5, 0.6) is 5.75 Å². The van der Waals surface area contributed by atoms with Gasteiger partial charge in [-0.25, -0.2) is 4.39 Å². The molecule has 0 N–H and O–H groups in total. The van der Waals surface area contributed by atoms with Crippen LogP contribution in [-0.4, -0.2) is 11.3 Å². The predicted molar refractivity (Wildman–Crippen MR) is 57.8 cm³/mol. The summed E-state index contributed by atoms with van der Waals surface area (Å²) in [5.41, 5.74) is -0.127. The average Bonchev–Trinajstić information content (AvgIpc) is 2.21. The standard InChI is InChI=1S/C9H5F4IN2O/c10-4-6-8(14)7(17-9(11,12)13)3-5(16-6)1-2-15/h3H,1,4H2. The SMILES string of the molecule is N#CCc1cc(OC(F)(F)F)c(I)c(CF)n1. The second-order valence-corrected chi connectivity index (χ2v) is 3.97. The highest BCUT2D eigenvalue weighted by atomic mass is 127. The highest BCUT2D eigenvalue weighted by molar-refractivity contribution is 14.1. The maximum atomic E-state index is 12.5. The molecule has 0 amide bonds. The maximum Gasteiger partial charge on any atom is 0.573 e. The van der Waals surface area contributed by atoms with Crippen LogP contribution >= 0.6 is 22.6 Å². The number of hydrogen-bond acceptors (Lipinski definition) is 3. The molecule has 0 atom stereocenters. The lowest BCUT2D eigenvalue weighted by atomic mass is 10.2. The molecule has 92 valence electrons. The lowest BCUT2D eigenvalue weighted by Gasteiger charge is -2.12. The van der Waals surface area contributed by atoms with Crippen LogP contribution in [0, 0.1) is 14.9 Å². The zero-order chi connectivity index (χ0) is 13.1. The van der Waals surface area contributed by atoms with E-state index in [-0.39, 0.29) is 21.4 Å². The summed E-state index contributed by atoms with van der Waals surface area (Å²) in [6, 6.07) is 2.70. The van der Waals surface area contributed by atoms with E-state index >= 15 is 0 Å². The summed E-state index contributed by atoms with van der Waals surface area (Å²) in [5, 5.41) is 8.43. The van der Waals surface area contributed by atoms with Crippen molar-refractivity contribution < 1.29 is 22.3 Å². The van der Waals surface area contributed by atoms with Crippen molar-refractivity contribution in [3.63, 3.8) is 0 Å². The molecule has 0 aliphatic heterocycles. The zero-order valence-corrected chi connectivity index (χ0v) is 10.3. The number of aromatic nitrogens is 1. The van der Waals surface area contributed by atoms with Crippen molar-refractivity contribution in [1.29, 1.82) is 5.26 Å². The minimum Gasteiger partial charge on any atom is -0.405 e. The second kappa shape index (κ2) is 5.48. The second-order valence-electron chi connectivity index (χ2n) is 2.89. The Hall–Kier alpha value is -1.11. The molecule has 0 aliphatic rings. The molecule has 8 heteroatoms. The third kappa shape index (κ3) is 3.99. The minimum atomic E-state index is -4.86. The Balaban J connectivity index is 3.19. The van der Waals surface area contributed by atoms with E-state index in [1.807, 2.05) is 0 Å². The molecule has 0 saturated carbocycles. The van der Waals surface area contributed by atoms with Crippen molar-refractivity contribution >= 4 is 22.6 Å². The number of hydrogen-bond donors (Lipinski definition) is 0. The minimum absolute atomic E-state index is 0.0415. The molecule has 0 aromatic carbocycles. The Morgan fingerprint density at radius 1 is 1.47 bits per heavy atom. The van der Waals surface area contributed by atoms with Gasteiger partial charge in [-0.2, -0.15) is 5.26 Å². The van der Waals surface area contributed by atoms with Gasteiger partial charge in [-0.1, -0.05) is 0 Å². The molecule has 0 spiro atoms. The van der Waals surface area contributed by atoms with Gasteiger partial charge in [0.1, 0.15) is 12.4 Å². The first-order valence-electron chi connectivity index (χ1n) is 4.24. The van der Waals surface area contributed by atoms with Gasteiger partial charge in [-0.15, -0.1) is 13.2 Å². The van der Waals surface area contributed by atoms with E-state index in [1.165, 1.54) is 22.6 Å². The Labute approximate surface area is 108 Å². The molecule has 1 aromatic rings. The number of nitrogens with zero attached hydrogens (tertiary/aromatic N) is 2. The summed E-state index contributed by atoms with van der Waals surface area (Å²) >= 11 is 1.52. The fourth-order valence-corrected chi connectivity index (χ4v) is 1.60. The van der Waals surface area contributed by atoms with Crippen LogP contribution in [0.15, 0.2) is 6.07 Å². The van der Waals surface area contributed by atoms with Gasteiger partial charge in [0.25, 0.3) is 0 Å². The molecule has 1 rings (SSSR count). The smallest absolute Gasteiger partial charge is 0.405 e. The van der Waals surface area contributed by atoms with E-state index in [0.717, 1.165) is 6.07 Å². The first kappa shape index (κ1) is 14.0. The van der Waals surface area contributed by atoms with Crippen LogP contribution in [0.25, 0.3) is 0 Å². The molecule has 0 radical (unpaired) electrons. The summed E-state index contributed by atoms with van der Waals surface area (Å²) in [6.45, 7) is -1.02. The van der Waals surface area contributed by atoms with Crippen molar-refractivity contribution in [2.75, 3.05) is 0 Å². The van der Waals surface area contributed by atoms with Crippen LogP contribution in [0.2, 0.25) is 0 Å². The molecule has 0 unspecified atom stereocenters. The van der Waals surface area contributed by atoms with Gasteiger partial charge in [0.2, 0.25) is 0 Å². The Kier molecular flexibility index (Phi) is 4.50. The van der Waals surface area contributed by atoms with Crippen LogP contribution < -0.4 is 4.74 Å². The van der Waals surface area contributed by atoms with Crippen LogP contribution in [0.1, 0.15) is 11.4 Å². The van der Waals surface area contributed by atoms with Crippen LogP contribution in [0.4, 0.5) is 17.6 Å². The van der Waals surface area contributed by atoms with Gasteiger partial charge in [-0.3, -0.25) is 4.98 Å². The van der Waals surface area contributed by atoms with Gasteiger partial charge < -0.3 is 4.74 Å². The van der Waals surface area contributed by atoms with Gasteiger partial charge in [0.15, 0.2) is 0 Å². The van der Waals surface area contributed by atoms with Gasteiger partial charge >= 0.3 is 6.36 Å². The van der Waals surface area contributed by atoms with E-state index in [4.69, 9.17) is 5.26 Å². The van der Waals surface area contributed by atoms with Gasteiger partial charge in [0, 0.05) is 6.07 Å². The molecule has 0 fully saturated rings. The molecular weight excluding hydrogens is 355 g/mol. The number of nitriles is 1. The quantitative estimate of drug-likeness (QED) is 0.615. The number of ether oxygens (including phenoxy) is 1. The number of halogens is 5. The predicted octanol–water partition coefficient (Wildman–Crippen LogP) is 3.12. The lowest BCUT2D eigenvalue weighted by Crippen LogP contribution is -2.18. The van der Waals surface area contributed by atoms with Crippen LogP contribution in [-0.2, 0) is 13.1 Å². The number of pyridine rings is 1. The first-order chi connectivity index (χ1) is 7.87. The summed E-state index contributed by atoms with van der Waals surface area (Å²) < 4.78 is 52.4. The van der Waals surface area contributed by atoms with Crippen molar-refractivity contribution in [3.05, 3.63) is 21.0 Å². The first-order valence-corrected chi connectivity index (χ1v) is 5.32. The van der Waals surface area contributed by atoms with Crippen molar-refractivity contribution in [2.45, 2.75) is 19.5 Å². The lowest BCUT2D eigenvalue weighted by molar-refractivity contribution is -0.275. The van der Waals surface area contributed by atoms with E-state index in [2.05, 4.69) is 9.72 Å². The highest BCUT2D eigenvalue weighted by Crippen LogP contribution is 2.30. The van der Waals surface area contributed by atoms with Gasteiger partial charge in [0.05, 0.1) is 27.4 Å². The number of rotatable bonds is 3. The Morgan fingerprint density at radius 3 is 2.59 bits per heavy atom. The molecule has 0 aliphatic carbocycles. The molecule has 3 nitrogen and oxygen atoms in total. The molecule has 17 heavy (non-hydrogen) atoms. The fraction of sp³-hybridized carbons (Fsp3) is 0.333. The van der Waals surface area contributed by atoms with E-state index in [1.54, 1.807) is 6.07 Å². The highest BCUT2D eigenvalue weighted by Gasteiger charge is 2.32. The van der Waals surface area contributed by atoms with E-state index < -0.39 is 18.8 Å². The molecule has 0 saturated heterocycles. The van der Waals surface area contributed by atoms with Crippen molar-refractivity contribution in [2.24, 2.45) is 0 Å². The van der Waals surface area contributed by atoms with Crippen molar-refractivity contribution in [1.82, 2.24) is 4.98 Å². The zero-order valence-electron chi connectivity index (χ0n) is 8.18. The summed E-state index contributed by atoms with van der Waals surface area (Å²) in [5.74, 6) is -0.536. The normalized spacial score (nSPS) is 11.1. The van der Waals surface area contributed by atoms with E-state index in [9.17, 15) is 17.6 Å².